The molecule has 5 heteroatoms. The van der Waals surface area contributed by atoms with Gasteiger partial charge in [-0.2, -0.15) is 0 Å². The summed E-state index contributed by atoms with van der Waals surface area (Å²) in [5.74, 6) is -1.03. The molecule has 3 rings (SSSR count). The molecule has 0 aromatic heterocycles. The van der Waals surface area contributed by atoms with E-state index >= 15 is 0 Å². The van der Waals surface area contributed by atoms with Crippen molar-refractivity contribution in [2.45, 2.75) is 24.3 Å². The van der Waals surface area contributed by atoms with E-state index in [1.807, 2.05) is 0 Å². The molecule has 1 saturated heterocycles. The number of halogens is 2. The van der Waals surface area contributed by atoms with Gasteiger partial charge in [0, 0.05) is 24.2 Å². The quantitative estimate of drug-likeness (QED) is 0.886. The molecule has 1 aromatic rings. The Morgan fingerprint density at radius 3 is 2.58 bits per heavy atom. The summed E-state index contributed by atoms with van der Waals surface area (Å²) in [6.07, 6.45) is 2.33. The van der Waals surface area contributed by atoms with Crippen LogP contribution in [0.1, 0.15) is 18.4 Å². The highest BCUT2D eigenvalue weighted by atomic mass is 19.1. The molecule has 1 saturated carbocycles. The lowest BCUT2D eigenvalue weighted by molar-refractivity contribution is -0.0609. The first kappa shape index (κ1) is 12.8. The van der Waals surface area contributed by atoms with Crippen molar-refractivity contribution in [1.29, 1.82) is 0 Å². The predicted octanol–water partition coefficient (Wildman–Crippen LogP) is 1.99. The molecule has 0 atom stereocenters. The van der Waals surface area contributed by atoms with Gasteiger partial charge in [0.1, 0.15) is 5.82 Å². The van der Waals surface area contributed by atoms with E-state index in [1.165, 1.54) is 13.2 Å². The number of hydrogen-bond acceptors (Lipinski definition) is 3. The Morgan fingerprint density at radius 1 is 1.32 bits per heavy atom. The van der Waals surface area contributed by atoms with Crippen LogP contribution in [-0.4, -0.2) is 32.9 Å². The molecule has 1 aliphatic heterocycles. The van der Waals surface area contributed by atoms with Crippen LogP contribution < -0.4 is 10.1 Å². The first-order chi connectivity index (χ1) is 9.14. The molecule has 1 heterocycles. The zero-order valence-corrected chi connectivity index (χ0v) is 10.8. The third-order valence-corrected chi connectivity index (χ3v) is 3.88. The fourth-order valence-electron chi connectivity index (χ4n) is 2.42. The van der Waals surface area contributed by atoms with Crippen LogP contribution in [0.15, 0.2) is 12.1 Å². The van der Waals surface area contributed by atoms with Crippen LogP contribution in [0.2, 0.25) is 0 Å². The van der Waals surface area contributed by atoms with Gasteiger partial charge in [0.2, 0.25) is 0 Å². The summed E-state index contributed by atoms with van der Waals surface area (Å²) in [5.41, 5.74) is -0.0648. The van der Waals surface area contributed by atoms with Gasteiger partial charge in [0.25, 0.3) is 0 Å². The number of benzene rings is 1. The maximum atomic E-state index is 14.1. The van der Waals surface area contributed by atoms with Gasteiger partial charge in [-0.15, -0.1) is 0 Å². The second kappa shape index (κ2) is 4.72. The Labute approximate surface area is 110 Å². The summed E-state index contributed by atoms with van der Waals surface area (Å²) in [7, 11) is 1.33. The third-order valence-electron chi connectivity index (χ3n) is 3.88. The molecule has 0 radical (unpaired) electrons. The Kier molecular flexibility index (Phi) is 3.19. The highest BCUT2D eigenvalue weighted by Crippen LogP contribution is 2.36. The summed E-state index contributed by atoms with van der Waals surface area (Å²) >= 11 is 0. The van der Waals surface area contributed by atoms with Gasteiger partial charge in [-0.25, -0.2) is 8.78 Å². The monoisotopic (exact) mass is 269 g/mol. The Hall–Kier alpha value is -1.20. The molecule has 19 heavy (non-hydrogen) atoms. The summed E-state index contributed by atoms with van der Waals surface area (Å²) in [5, 5.41) is 3.37. The first-order valence-electron chi connectivity index (χ1n) is 6.49. The van der Waals surface area contributed by atoms with Crippen LogP contribution >= 0.6 is 0 Å². The normalized spacial score (nSPS) is 21.0. The minimum atomic E-state index is -0.531. The van der Waals surface area contributed by atoms with E-state index in [-0.39, 0.29) is 5.75 Å². The van der Waals surface area contributed by atoms with Crippen LogP contribution in [0.25, 0.3) is 0 Å². The van der Waals surface area contributed by atoms with Crippen molar-refractivity contribution in [3.05, 3.63) is 29.3 Å². The van der Waals surface area contributed by atoms with Crippen LogP contribution in [0.3, 0.4) is 0 Å². The summed E-state index contributed by atoms with van der Waals surface area (Å²) in [4.78, 5) is 0. The molecule has 0 unspecified atom stereocenters. The standard InChI is InChI=1S/C14H17F2NO2/c1-18-13-5-11(15)10(4-12(13)16)14(7-19-8-14)6-17-9-2-3-9/h4-5,9,17H,2-3,6-8H2,1H3. The zero-order valence-electron chi connectivity index (χ0n) is 10.8. The van der Waals surface area contributed by atoms with Crippen molar-refractivity contribution in [3.8, 4) is 5.75 Å². The molecule has 0 bridgehead atoms. The second-order valence-electron chi connectivity index (χ2n) is 5.39. The number of rotatable bonds is 5. The third kappa shape index (κ3) is 2.32. The molecule has 2 aliphatic rings. The van der Waals surface area contributed by atoms with Crippen molar-refractivity contribution >= 4 is 0 Å². The molecule has 3 nitrogen and oxygen atoms in total. The van der Waals surface area contributed by atoms with Gasteiger partial charge in [-0.05, 0) is 18.9 Å². The Morgan fingerprint density at radius 2 is 2.05 bits per heavy atom. The lowest BCUT2D eigenvalue weighted by atomic mass is 9.78. The average molecular weight is 269 g/mol. The van der Waals surface area contributed by atoms with Gasteiger partial charge in [-0.3, -0.25) is 0 Å². The summed E-state index contributed by atoms with van der Waals surface area (Å²) in [6, 6.07) is 2.89. The predicted molar refractivity (Wildman–Crippen MR) is 66.4 cm³/mol. The molecule has 1 aromatic carbocycles. The van der Waals surface area contributed by atoms with E-state index in [2.05, 4.69) is 5.32 Å². The fraction of sp³-hybridized carbons (Fsp3) is 0.571. The summed E-state index contributed by atoms with van der Waals surface area (Å²) in [6.45, 7) is 1.48. The molecule has 1 aliphatic carbocycles. The molecule has 0 spiro atoms. The highest BCUT2D eigenvalue weighted by Gasteiger charge is 2.43. The van der Waals surface area contributed by atoms with Crippen molar-refractivity contribution in [1.82, 2.24) is 5.32 Å². The number of methoxy groups -OCH3 is 1. The van der Waals surface area contributed by atoms with E-state index in [4.69, 9.17) is 9.47 Å². The molecule has 2 fully saturated rings. The van der Waals surface area contributed by atoms with Gasteiger partial charge in [0.05, 0.1) is 25.7 Å². The molecule has 1 N–H and O–H groups in total. The van der Waals surface area contributed by atoms with Crippen LogP contribution in [-0.2, 0) is 10.2 Å². The van der Waals surface area contributed by atoms with Gasteiger partial charge >= 0.3 is 0 Å². The van der Waals surface area contributed by atoms with Gasteiger partial charge < -0.3 is 14.8 Å². The molecular weight excluding hydrogens is 252 g/mol. The maximum absolute atomic E-state index is 14.1. The Bertz CT molecular complexity index is 485. The van der Waals surface area contributed by atoms with E-state index in [0.29, 0.717) is 31.4 Å². The molecule has 104 valence electrons. The molecular formula is C14H17F2NO2. The minimum Gasteiger partial charge on any atom is -0.494 e. The minimum absolute atomic E-state index is 0.0632. The van der Waals surface area contributed by atoms with E-state index in [1.54, 1.807) is 0 Å². The average Bonchev–Trinajstić information content (AvgIpc) is 3.15. The van der Waals surface area contributed by atoms with E-state index < -0.39 is 17.0 Å². The lowest BCUT2D eigenvalue weighted by Gasteiger charge is -2.42. The van der Waals surface area contributed by atoms with Crippen molar-refractivity contribution in [2.24, 2.45) is 0 Å². The summed E-state index contributed by atoms with van der Waals surface area (Å²) < 4.78 is 38.0. The largest absolute Gasteiger partial charge is 0.494 e. The van der Waals surface area contributed by atoms with E-state index in [0.717, 1.165) is 18.9 Å². The topological polar surface area (TPSA) is 30.5 Å². The maximum Gasteiger partial charge on any atom is 0.165 e. The van der Waals surface area contributed by atoms with Crippen molar-refractivity contribution in [2.75, 3.05) is 26.9 Å². The van der Waals surface area contributed by atoms with Crippen LogP contribution in [0.4, 0.5) is 8.78 Å². The second-order valence-corrected chi connectivity index (χ2v) is 5.39. The lowest BCUT2D eigenvalue weighted by Crippen LogP contribution is -2.54. The highest BCUT2D eigenvalue weighted by molar-refractivity contribution is 5.37. The smallest absolute Gasteiger partial charge is 0.165 e. The zero-order chi connectivity index (χ0) is 13.5. The van der Waals surface area contributed by atoms with Crippen molar-refractivity contribution in [3.63, 3.8) is 0 Å². The van der Waals surface area contributed by atoms with Crippen molar-refractivity contribution < 1.29 is 18.3 Å². The fourth-order valence-corrected chi connectivity index (χ4v) is 2.42. The van der Waals surface area contributed by atoms with Crippen LogP contribution in [0.5, 0.6) is 5.75 Å². The Balaban J connectivity index is 1.87. The first-order valence-corrected chi connectivity index (χ1v) is 6.49. The van der Waals surface area contributed by atoms with Crippen LogP contribution in [0, 0.1) is 11.6 Å². The van der Waals surface area contributed by atoms with Gasteiger partial charge in [0.15, 0.2) is 11.6 Å². The SMILES string of the molecule is COc1cc(F)c(C2(CNC3CC3)COC2)cc1F. The molecule has 0 amide bonds. The number of ether oxygens (including phenoxy) is 2. The van der Waals surface area contributed by atoms with Gasteiger partial charge in [-0.1, -0.05) is 0 Å². The van der Waals surface area contributed by atoms with E-state index in [9.17, 15) is 8.78 Å². The number of hydrogen-bond donors (Lipinski definition) is 1. The number of nitrogens with one attached hydrogen (secondary N) is 1.